The average Bonchev–Trinajstić information content (AvgIpc) is 2.96. The van der Waals surface area contributed by atoms with Crippen LogP contribution in [-0.2, 0) is 25.9 Å². The molecule has 0 saturated heterocycles. The van der Waals surface area contributed by atoms with Crippen molar-refractivity contribution in [3.63, 3.8) is 0 Å². The number of fused-ring (bicyclic) bond motifs is 1. The Morgan fingerprint density at radius 3 is 2.41 bits per heavy atom. The zero-order valence-electron chi connectivity index (χ0n) is 16.9. The monoisotopic (exact) mass is 432 g/mol. The Hall–Kier alpha value is -2.29. The van der Waals surface area contributed by atoms with Crippen LogP contribution in [0.15, 0.2) is 46.3 Å². The smallest absolute Gasteiger partial charge is 0.263 e. The lowest BCUT2D eigenvalue weighted by atomic mass is 10.1. The predicted octanol–water partition coefficient (Wildman–Crippen LogP) is 3.18. The molecule has 0 spiro atoms. The molecule has 6 nitrogen and oxygen atoms in total. The molecule has 1 aromatic heterocycles. The van der Waals surface area contributed by atoms with Crippen molar-refractivity contribution >= 4 is 37.3 Å². The summed E-state index contributed by atoms with van der Waals surface area (Å²) in [5.74, 6) is -1.34. The minimum absolute atomic E-state index is 0.126. The van der Waals surface area contributed by atoms with Crippen molar-refractivity contribution in [2.75, 3.05) is 19.5 Å². The van der Waals surface area contributed by atoms with Crippen molar-refractivity contribution in [2.24, 2.45) is 4.99 Å². The summed E-state index contributed by atoms with van der Waals surface area (Å²) in [7, 11) is -2.13. The van der Waals surface area contributed by atoms with Crippen molar-refractivity contribution in [3.8, 4) is 0 Å². The number of carbonyl (C=O) groups is 1. The Balaban J connectivity index is 2.00. The van der Waals surface area contributed by atoms with E-state index in [1.165, 1.54) is 23.5 Å². The van der Waals surface area contributed by atoms with Crippen LogP contribution in [0.5, 0.6) is 0 Å². The molecule has 29 heavy (non-hydrogen) atoms. The molecule has 0 aliphatic carbocycles. The van der Waals surface area contributed by atoms with Crippen LogP contribution in [0.1, 0.15) is 16.7 Å². The quantitative estimate of drug-likeness (QED) is 0.599. The number of aryl methyl sites for hydroxylation is 3. The van der Waals surface area contributed by atoms with Gasteiger partial charge in [0.15, 0.2) is 14.6 Å². The highest BCUT2D eigenvalue weighted by atomic mass is 32.2. The molecule has 154 valence electrons. The molecule has 0 atom stereocenters. The van der Waals surface area contributed by atoms with Crippen molar-refractivity contribution in [2.45, 2.75) is 32.2 Å². The first-order chi connectivity index (χ1) is 13.7. The molecule has 3 rings (SSSR count). The SMILES string of the molecule is COCCn1c(=NC(=O)CS(=O)(=O)c2ccc(C)cc2)sc2cc(C)c(C)cc21. The van der Waals surface area contributed by atoms with E-state index in [0.29, 0.717) is 18.0 Å². The highest BCUT2D eigenvalue weighted by Gasteiger charge is 2.19. The molecule has 0 unspecified atom stereocenters. The Labute approximate surface area is 174 Å². The first-order valence-corrected chi connectivity index (χ1v) is 11.6. The largest absolute Gasteiger partial charge is 0.383 e. The first-order valence-electron chi connectivity index (χ1n) is 9.18. The molecule has 2 aromatic carbocycles. The Bertz CT molecular complexity index is 1220. The topological polar surface area (TPSA) is 77.7 Å². The van der Waals surface area contributed by atoms with Gasteiger partial charge >= 0.3 is 0 Å². The van der Waals surface area contributed by atoms with Gasteiger partial charge < -0.3 is 9.30 Å². The number of carbonyl (C=O) groups excluding carboxylic acids is 1. The number of aromatic nitrogens is 1. The third-order valence-corrected chi connectivity index (χ3v) is 7.39. The number of methoxy groups -OCH3 is 1. The van der Waals surface area contributed by atoms with Gasteiger partial charge in [-0.25, -0.2) is 8.42 Å². The minimum atomic E-state index is -3.74. The number of hydrogen-bond acceptors (Lipinski definition) is 5. The van der Waals surface area contributed by atoms with E-state index in [2.05, 4.69) is 17.1 Å². The van der Waals surface area contributed by atoms with Gasteiger partial charge in [-0.3, -0.25) is 4.79 Å². The number of sulfone groups is 1. The van der Waals surface area contributed by atoms with Crippen molar-refractivity contribution in [1.82, 2.24) is 4.57 Å². The van der Waals surface area contributed by atoms with E-state index in [-0.39, 0.29) is 4.90 Å². The van der Waals surface area contributed by atoms with Gasteiger partial charge in [-0.1, -0.05) is 29.0 Å². The molecule has 0 aliphatic heterocycles. The van der Waals surface area contributed by atoms with E-state index >= 15 is 0 Å². The standard InChI is InChI=1S/C21H24N2O4S2/c1-14-5-7-17(8-6-14)29(25,26)13-20(24)22-21-23(9-10-27-4)18-11-15(2)16(3)12-19(18)28-21/h5-8,11-12H,9-10,13H2,1-4H3. The predicted molar refractivity (Wildman–Crippen MR) is 115 cm³/mol. The zero-order chi connectivity index (χ0) is 21.2. The van der Waals surface area contributed by atoms with Gasteiger partial charge in [0.05, 0.1) is 21.7 Å². The van der Waals surface area contributed by atoms with Crippen LogP contribution in [0.4, 0.5) is 0 Å². The maximum Gasteiger partial charge on any atom is 0.263 e. The van der Waals surface area contributed by atoms with Crippen molar-refractivity contribution < 1.29 is 17.9 Å². The Morgan fingerprint density at radius 1 is 1.10 bits per heavy atom. The molecule has 1 heterocycles. The van der Waals surface area contributed by atoms with Gasteiger partial charge in [0.1, 0.15) is 5.75 Å². The second kappa shape index (κ2) is 8.61. The van der Waals surface area contributed by atoms with Crippen molar-refractivity contribution in [3.05, 3.63) is 57.9 Å². The molecule has 0 saturated carbocycles. The van der Waals surface area contributed by atoms with Gasteiger partial charge in [-0.05, 0) is 56.2 Å². The third-order valence-electron chi connectivity index (χ3n) is 4.73. The molecule has 3 aromatic rings. The van der Waals surface area contributed by atoms with E-state index in [0.717, 1.165) is 26.9 Å². The summed E-state index contributed by atoms with van der Waals surface area (Å²) in [6.45, 7) is 6.92. The van der Waals surface area contributed by atoms with E-state index in [4.69, 9.17) is 4.74 Å². The number of thiazole rings is 1. The summed E-state index contributed by atoms with van der Waals surface area (Å²) in [5.41, 5.74) is 4.21. The number of amides is 1. The molecule has 1 amide bonds. The summed E-state index contributed by atoms with van der Waals surface area (Å²) in [4.78, 5) is 17.3. The van der Waals surface area contributed by atoms with E-state index in [1.54, 1.807) is 19.2 Å². The second-order valence-electron chi connectivity index (χ2n) is 7.01. The number of rotatable bonds is 6. The normalized spacial score (nSPS) is 12.6. The minimum Gasteiger partial charge on any atom is -0.383 e. The van der Waals surface area contributed by atoms with Crippen LogP contribution in [0, 0.1) is 20.8 Å². The van der Waals surface area contributed by atoms with Gasteiger partial charge in [0, 0.05) is 13.7 Å². The molecular formula is C21H24N2O4S2. The van der Waals surface area contributed by atoms with Gasteiger partial charge in [0.2, 0.25) is 0 Å². The summed E-state index contributed by atoms with van der Waals surface area (Å²) in [6.07, 6.45) is 0. The number of benzene rings is 2. The molecule has 8 heteroatoms. The maximum atomic E-state index is 12.6. The average molecular weight is 433 g/mol. The van der Waals surface area contributed by atoms with Crippen molar-refractivity contribution in [1.29, 1.82) is 0 Å². The van der Waals surface area contributed by atoms with Crippen LogP contribution < -0.4 is 4.80 Å². The lowest BCUT2D eigenvalue weighted by Gasteiger charge is -2.06. The molecule has 0 aliphatic rings. The molecular weight excluding hydrogens is 408 g/mol. The van der Waals surface area contributed by atoms with Gasteiger partial charge in [0.25, 0.3) is 5.91 Å². The molecule has 0 radical (unpaired) electrons. The zero-order valence-corrected chi connectivity index (χ0v) is 18.6. The fourth-order valence-electron chi connectivity index (χ4n) is 2.94. The van der Waals surface area contributed by atoms with Crippen LogP contribution in [0.25, 0.3) is 10.2 Å². The summed E-state index contributed by atoms with van der Waals surface area (Å²) in [6, 6.07) is 10.6. The van der Waals surface area contributed by atoms with E-state index in [1.807, 2.05) is 25.3 Å². The van der Waals surface area contributed by atoms with Gasteiger partial charge in [-0.15, -0.1) is 0 Å². The van der Waals surface area contributed by atoms with E-state index < -0.39 is 21.5 Å². The lowest BCUT2D eigenvalue weighted by Crippen LogP contribution is -2.22. The lowest BCUT2D eigenvalue weighted by molar-refractivity contribution is -0.115. The fourth-order valence-corrected chi connectivity index (χ4v) is 5.20. The number of nitrogens with zero attached hydrogens (tertiary/aromatic N) is 2. The van der Waals surface area contributed by atoms with E-state index in [9.17, 15) is 13.2 Å². The van der Waals surface area contributed by atoms with Crippen LogP contribution in [0.2, 0.25) is 0 Å². The van der Waals surface area contributed by atoms with Crippen LogP contribution in [0.3, 0.4) is 0 Å². The van der Waals surface area contributed by atoms with Gasteiger partial charge in [-0.2, -0.15) is 4.99 Å². The highest BCUT2D eigenvalue weighted by molar-refractivity contribution is 7.92. The molecule has 0 bridgehead atoms. The molecule has 0 N–H and O–H groups in total. The maximum absolute atomic E-state index is 12.6. The van der Waals surface area contributed by atoms with Crippen LogP contribution >= 0.6 is 11.3 Å². The van der Waals surface area contributed by atoms with Crippen LogP contribution in [-0.4, -0.2) is 38.4 Å². The second-order valence-corrected chi connectivity index (χ2v) is 10.0. The Kier molecular flexibility index (Phi) is 6.36. The first kappa shape index (κ1) is 21.4. The number of hydrogen-bond donors (Lipinski definition) is 0. The molecule has 0 fully saturated rings. The number of ether oxygens (including phenoxy) is 1. The summed E-state index contributed by atoms with van der Waals surface area (Å²) in [5, 5.41) is 0. The summed E-state index contributed by atoms with van der Waals surface area (Å²) >= 11 is 1.37. The third kappa shape index (κ3) is 4.83. The summed E-state index contributed by atoms with van der Waals surface area (Å²) < 4.78 is 33.2. The Morgan fingerprint density at radius 2 is 1.76 bits per heavy atom. The fraction of sp³-hybridized carbons (Fsp3) is 0.333. The highest BCUT2D eigenvalue weighted by Crippen LogP contribution is 2.22.